The normalized spacial score (nSPS) is 10.7. The van der Waals surface area contributed by atoms with Crippen LogP contribution in [0.25, 0.3) is 11.3 Å². The lowest BCUT2D eigenvalue weighted by molar-refractivity contribution is 0.0742. The molecule has 4 aromatic rings. The van der Waals surface area contributed by atoms with Crippen LogP contribution in [0.15, 0.2) is 78.9 Å². The van der Waals surface area contributed by atoms with Gasteiger partial charge in [-0.3, -0.25) is 4.79 Å². The predicted octanol–water partition coefficient (Wildman–Crippen LogP) is 5.95. The van der Waals surface area contributed by atoms with Crippen molar-refractivity contribution in [3.05, 3.63) is 90.0 Å². The lowest BCUT2D eigenvalue weighted by Crippen LogP contribution is -2.31. The zero-order valence-corrected chi connectivity index (χ0v) is 21.1. The summed E-state index contributed by atoms with van der Waals surface area (Å²) in [6.45, 7) is 2.99. The molecular formula is C29H31N3O4. The summed E-state index contributed by atoms with van der Waals surface area (Å²) in [5, 5.41) is 4.79. The number of ether oxygens (including phenoxy) is 3. The quantitative estimate of drug-likeness (QED) is 0.278. The fourth-order valence-corrected chi connectivity index (χ4v) is 4.06. The van der Waals surface area contributed by atoms with Gasteiger partial charge in [0, 0.05) is 30.8 Å². The highest BCUT2D eigenvalue weighted by Gasteiger charge is 2.25. The van der Waals surface area contributed by atoms with E-state index in [1.54, 1.807) is 43.2 Å². The molecule has 0 atom stereocenters. The summed E-state index contributed by atoms with van der Waals surface area (Å²) in [6, 6.07) is 24.6. The fraction of sp³-hybridized carbons (Fsp3) is 0.241. The van der Waals surface area contributed by atoms with E-state index in [4.69, 9.17) is 19.3 Å². The minimum Gasteiger partial charge on any atom is -0.497 e. The van der Waals surface area contributed by atoms with E-state index in [1.165, 1.54) is 0 Å². The first-order chi connectivity index (χ1) is 17.5. The van der Waals surface area contributed by atoms with E-state index in [0.717, 1.165) is 23.2 Å². The van der Waals surface area contributed by atoms with Crippen LogP contribution in [-0.2, 0) is 13.6 Å². The Morgan fingerprint density at radius 1 is 0.889 bits per heavy atom. The minimum atomic E-state index is -0.0605. The average molecular weight is 486 g/mol. The van der Waals surface area contributed by atoms with Gasteiger partial charge in [-0.2, -0.15) is 5.10 Å². The molecule has 186 valence electrons. The zero-order chi connectivity index (χ0) is 25.5. The van der Waals surface area contributed by atoms with Crippen molar-refractivity contribution in [3.63, 3.8) is 0 Å². The number of aromatic nitrogens is 2. The zero-order valence-electron chi connectivity index (χ0n) is 21.1. The first-order valence-corrected chi connectivity index (χ1v) is 11.9. The van der Waals surface area contributed by atoms with Gasteiger partial charge in [0.1, 0.15) is 22.9 Å². The van der Waals surface area contributed by atoms with Crippen molar-refractivity contribution < 1.29 is 19.0 Å². The number of rotatable bonds is 10. The lowest BCUT2D eigenvalue weighted by Gasteiger charge is -2.23. The Morgan fingerprint density at radius 2 is 1.58 bits per heavy atom. The number of carbonyl (C=O) groups is 1. The Hall–Kier alpha value is -4.26. The molecule has 0 bridgehead atoms. The molecule has 7 heteroatoms. The first kappa shape index (κ1) is 24.9. The Kier molecular flexibility index (Phi) is 7.90. The van der Waals surface area contributed by atoms with Crippen molar-refractivity contribution in [2.45, 2.75) is 19.9 Å². The number of hydrogen-bond acceptors (Lipinski definition) is 5. The maximum absolute atomic E-state index is 13.5. The monoisotopic (exact) mass is 485 g/mol. The van der Waals surface area contributed by atoms with Crippen LogP contribution in [0.1, 0.15) is 29.3 Å². The van der Waals surface area contributed by atoms with Gasteiger partial charge in [-0.05, 0) is 42.8 Å². The van der Waals surface area contributed by atoms with Gasteiger partial charge >= 0.3 is 0 Å². The topological polar surface area (TPSA) is 65.8 Å². The molecule has 0 saturated carbocycles. The van der Waals surface area contributed by atoms with Crippen molar-refractivity contribution in [2.24, 2.45) is 7.05 Å². The molecule has 0 unspecified atom stereocenters. The molecule has 0 radical (unpaired) electrons. The maximum atomic E-state index is 13.5. The van der Waals surface area contributed by atoms with E-state index in [0.29, 0.717) is 41.8 Å². The maximum Gasteiger partial charge on any atom is 0.254 e. The van der Waals surface area contributed by atoms with Gasteiger partial charge in [-0.1, -0.05) is 43.3 Å². The largest absolute Gasteiger partial charge is 0.497 e. The summed E-state index contributed by atoms with van der Waals surface area (Å²) in [6.07, 6.45) is 0.814. The SMILES string of the molecule is CCCN(Cc1c(-c2ccccc2)nn(C)c1Oc1cccc(OC)c1)C(=O)c1ccc(OC)cc1. The van der Waals surface area contributed by atoms with E-state index in [9.17, 15) is 4.79 Å². The molecule has 1 aromatic heterocycles. The second-order valence-electron chi connectivity index (χ2n) is 8.36. The third-order valence-corrected chi connectivity index (χ3v) is 5.86. The molecule has 0 aliphatic rings. The molecular weight excluding hydrogens is 454 g/mol. The smallest absolute Gasteiger partial charge is 0.254 e. The number of hydrogen-bond donors (Lipinski definition) is 0. The number of methoxy groups -OCH3 is 2. The van der Waals surface area contributed by atoms with E-state index >= 15 is 0 Å². The summed E-state index contributed by atoms with van der Waals surface area (Å²) in [5.41, 5.74) is 3.17. The second kappa shape index (κ2) is 11.4. The van der Waals surface area contributed by atoms with Gasteiger partial charge in [-0.15, -0.1) is 0 Å². The van der Waals surface area contributed by atoms with Gasteiger partial charge in [0.05, 0.1) is 26.3 Å². The second-order valence-corrected chi connectivity index (χ2v) is 8.36. The molecule has 0 aliphatic carbocycles. The van der Waals surface area contributed by atoms with Crippen LogP contribution in [0.3, 0.4) is 0 Å². The molecule has 0 spiro atoms. The number of nitrogens with zero attached hydrogens (tertiary/aromatic N) is 3. The summed E-state index contributed by atoms with van der Waals surface area (Å²) in [4.78, 5) is 15.4. The van der Waals surface area contributed by atoms with Crippen LogP contribution < -0.4 is 14.2 Å². The Labute approximate surface area is 211 Å². The highest BCUT2D eigenvalue weighted by molar-refractivity contribution is 5.94. The van der Waals surface area contributed by atoms with Crippen molar-refractivity contribution in [3.8, 4) is 34.4 Å². The Morgan fingerprint density at radius 3 is 2.25 bits per heavy atom. The summed E-state index contributed by atoms with van der Waals surface area (Å²) in [7, 11) is 5.08. The summed E-state index contributed by atoms with van der Waals surface area (Å²) in [5.74, 6) is 2.55. The van der Waals surface area contributed by atoms with Crippen LogP contribution in [-0.4, -0.2) is 41.4 Å². The van der Waals surface area contributed by atoms with Crippen LogP contribution in [0.4, 0.5) is 0 Å². The number of aryl methyl sites for hydroxylation is 1. The van der Waals surface area contributed by atoms with Gasteiger partial charge in [0.15, 0.2) is 0 Å². The van der Waals surface area contributed by atoms with Crippen molar-refractivity contribution >= 4 is 5.91 Å². The average Bonchev–Trinajstić information content (AvgIpc) is 3.23. The number of benzene rings is 3. The van der Waals surface area contributed by atoms with Crippen molar-refractivity contribution in [1.29, 1.82) is 0 Å². The molecule has 0 saturated heterocycles. The summed E-state index contributed by atoms with van der Waals surface area (Å²) < 4.78 is 18.7. The Bertz CT molecular complexity index is 1300. The molecule has 1 amide bonds. The van der Waals surface area contributed by atoms with Gasteiger partial charge < -0.3 is 19.1 Å². The molecule has 7 nitrogen and oxygen atoms in total. The van der Waals surface area contributed by atoms with E-state index in [2.05, 4.69) is 6.92 Å². The molecule has 4 rings (SSSR count). The first-order valence-electron chi connectivity index (χ1n) is 11.9. The molecule has 0 aliphatic heterocycles. The van der Waals surface area contributed by atoms with Crippen LogP contribution in [0, 0.1) is 0 Å². The third kappa shape index (κ3) is 5.51. The van der Waals surface area contributed by atoms with E-state index in [1.807, 2.05) is 66.5 Å². The molecule has 0 N–H and O–H groups in total. The van der Waals surface area contributed by atoms with Crippen LogP contribution in [0.5, 0.6) is 23.1 Å². The minimum absolute atomic E-state index is 0.0605. The third-order valence-electron chi connectivity index (χ3n) is 5.86. The molecule has 36 heavy (non-hydrogen) atoms. The number of carbonyl (C=O) groups excluding carboxylic acids is 1. The number of amides is 1. The van der Waals surface area contributed by atoms with E-state index in [-0.39, 0.29) is 5.91 Å². The molecule has 3 aromatic carbocycles. The summed E-state index contributed by atoms with van der Waals surface area (Å²) >= 11 is 0. The predicted molar refractivity (Wildman–Crippen MR) is 140 cm³/mol. The van der Waals surface area contributed by atoms with Gasteiger partial charge in [-0.25, -0.2) is 4.68 Å². The standard InChI is InChI=1S/C29H31N3O4/c1-5-18-32(28(33)22-14-16-23(34-3)17-15-22)20-26-27(21-10-7-6-8-11-21)30-31(2)29(26)36-25-13-9-12-24(19-25)35-4/h6-17,19H,5,18,20H2,1-4H3. The van der Waals surface area contributed by atoms with Gasteiger partial charge in [0.2, 0.25) is 5.88 Å². The van der Waals surface area contributed by atoms with E-state index < -0.39 is 0 Å². The highest BCUT2D eigenvalue weighted by Crippen LogP contribution is 2.35. The fourth-order valence-electron chi connectivity index (χ4n) is 4.06. The molecule has 1 heterocycles. The van der Waals surface area contributed by atoms with Crippen LogP contribution in [0.2, 0.25) is 0 Å². The van der Waals surface area contributed by atoms with Gasteiger partial charge in [0.25, 0.3) is 5.91 Å². The van der Waals surface area contributed by atoms with Crippen LogP contribution >= 0.6 is 0 Å². The molecule has 0 fully saturated rings. The van der Waals surface area contributed by atoms with Crippen molar-refractivity contribution in [1.82, 2.24) is 14.7 Å². The lowest BCUT2D eigenvalue weighted by atomic mass is 10.1. The Balaban J connectivity index is 1.74. The highest BCUT2D eigenvalue weighted by atomic mass is 16.5. The van der Waals surface area contributed by atoms with Crippen molar-refractivity contribution in [2.75, 3.05) is 20.8 Å².